The Morgan fingerprint density at radius 3 is 2.58 bits per heavy atom. The van der Waals surface area contributed by atoms with Gasteiger partial charge in [0.05, 0.1) is 0 Å². The number of nitrogens with one attached hydrogen (secondary N) is 2. The Labute approximate surface area is 204 Å². The van der Waals surface area contributed by atoms with Crippen LogP contribution in [0.2, 0.25) is 0 Å². The van der Waals surface area contributed by atoms with Gasteiger partial charge in [0.15, 0.2) is 5.96 Å². The molecule has 1 amide bonds. The second kappa shape index (κ2) is 13.1. The summed E-state index contributed by atoms with van der Waals surface area (Å²) >= 11 is 0. The molecule has 0 atom stereocenters. The Morgan fingerprint density at radius 2 is 1.90 bits per heavy atom. The zero-order valence-corrected chi connectivity index (χ0v) is 21.4. The van der Waals surface area contributed by atoms with E-state index in [1.807, 2.05) is 11.9 Å². The molecule has 0 saturated carbocycles. The predicted molar refractivity (Wildman–Crippen MR) is 139 cm³/mol. The molecule has 2 aliphatic rings. The Morgan fingerprint density at radius 1 is 1.19 bits per heavy atom. The highest BCUT2D eigenvalue weighted by atomic mass is 127. The van der Waals surface area contributed by atoms with Crippen LogP contribution in [-0.2, 0) is 17.8 Å². The minimum Gasteiger partial charge on any atom is -0.356 e. The van der Waals surface area contributed by atoms with Gasteiger partial charge >= 0.3 is 0 Å². The highest BCUT2D eigenvalue weighted by molar-refractivity contribution is 14.0. The molecule has 1 fully saturated rings. The third kappa shape index (κ3) is 8.11. The molecule has 2 heterocycles. The van der Waals surface area contributed by atoms with Crippen LogP contribution in [0.3, 0.4) is 0 Å². The SMILES string of the molecule is C=C(C)CN1CCC(NC(=NC)NCCCC(=O)N2CCc3ccccc3C2)CC1.I. The van der Waals surface area contributed by atoms with Gasteiger partial charge in [0.1, 0.15) is 0 Å². The van der Waals surface area contributed by atoms with E-state index >= 15 is 0 Å². The van der Waals surface area contributed by atoms with Crippen molar-refractivity contribution in [3.05, 3.63) is 47.5 Å². The van der Waals surface area contributed by atoms with E-state index in [1.54, 1.807) is 0 Å². The third-order valence-corrected chi connectivity index (χ3v) is 5.99. The van der Waals surface area contributed by atoms with Gasteiger partial charge in [0.2, 0.25) is 5.91 Å². The number of nitrogens with zero attached hydrogens (tertiary/aromatic N) is 3. The van der Waals surface area contributed by atoms with Crippen LogP contribution in [0.5, 0.6) is 0 Å². The fourth-order valence-electron chi connectivity index (χ4n) is 4.32. The van der Waals surface area contributed by atoms with E-state index in [0.717, 1.165) is 70.9 Å². The number of piperidine rings is 1. The van der Waals surface area contributed by atoms with Crippen molar-refractivity contribution in [3.8, 4) is 0 Å². The summed E-state index contributed by atoms with van der Waals surface area (Å²) in [6.07, 6.45) is 4.58. The molecule has 1 saturated heterocycles. The van der Waals surface area contributed by atoms with Crippen molar-refractivity contribution in [3.63, 3.8) is 0 Å². The van der Waals surface area contributed by atoms with Crippen molar-refractivity contribution in [1.82, 2.24) is 20.4 Å². The second-order valence-corrected chi connectivity index (χ2v) is 8.59. The molecule has 1 aromatic carbocycles. The molecule has 0 aromatic heterocycles. The number of guanidine groups is 1. The van der Waals surface area contributed by atoms with E-state index in [9.17, 15) is 4.79 Å². The summed E-state index contributed by atoms with van der Waals surface area (Å²) in [5.41, 5.74) is 3.89. The number of benzene rings is 1. The molecule has 2 aliphatic heterocycles. The van der Waals surface area contributed by atoms with Gasteiger partial charge in [-0.15, -0.1) is 24.0 Å². The molecule has 2 N–H and O–H groups in total. The molecule has 1 aromatic rings. The van der Waals surface area contributed by atoms with Gasteiger partial charge in [-0.3, -0.25) is 14.7 Å². The maximum absolute atomic E-state index is 12.6. The lowest BCUT2D eigenvalue weighted by atomic mass is 9.99. The molecule has 172 valence electrons. The lowest BCUT2D eigenvalue weighted by molar-refractivity contribution is -0.132. The first-order valence-electron chi connectivity index (χ1n) is 11.2. The Balaban J connectivity index is 0.00000341. The van der Waals surface area contributed by atoms with Gasteiger partial charge in [0, 0.05) is 58.8 Å². The van der Waals surface area contributed by atoms with Crippen molar-refractivity contribution < 1.29 is 4.79 Å². The summed E-state index contributed by atoms with van der Waals surface area (Å²) in [6.45, 7) is 11.6. The summed E-state index contributed by atoms with van der Waals surface area (Å²) in [5.74, 6) is 1.09. The number of hydrogen-bond donors (Lipinski definition) is 2. The van der Waals surface area contributed by atoms with E-state index < -0.39 is 0 Å². The summed E-state index contributed by atoms with van der Waals surface area (Å²) in [7, 11) is 1.81. The summed E-state index contributed by atoms with van der Waals surface area (Å²) < 4.78 is 0. The fourth-order valence-corrected chi connectivity index (χ4v) is 4.32. The molecular formula is C24H38IN5O. The van der Waals surface area contributed by atoms with Crippen molar-refractivity contribution in [2.24, 2.45) is 4.99 Å². The number of aliphatic imine (C=N–C) groups is 1. The molecule has 31 heavy (non-hydrogen) atoms. The molecule has 6 nitrogen and oxygen atoms in total. The Bertz CT molecular complexity index is 758. The van der Waals surface area contributed by atoms with Crippen LogP contribution in [0.25, 0.3) is 0 Å². The van der Waals surface area contributed by atoms with Gasteiger partial charge < -0.3 is 15.5 Å². The van der Waals surface area contributed by atoms with Gasteiger partial charge in [0.25, 0.3) is 0 Å². The van der Waals surface area contributed by atoms with Gasteiger partial charge in [-0.1, -0.05) is 36.4 Å². The number of fused-ring (bicyclic) bond motifs is 1. The first kappa shape index (κ1) is 25.6. The third-order valence-electron chi connectivity index (χ3n) is 5.99. The lowest BCUT2D eigenvalue weighted by Gasteiger charge is -2.33. The lowest BCUT2D eigenvalue weighted by Crippen LogP contribution is -2.49. The zero-order chi connectivity index (χ0) is 21.3. The van der Waals surface area contributed by atoms with Crippen LogP contribution >= 0.6 is 24.0 Å². The minimum absolute atomic E-state index is 0. The van der Waals surface area contributed by atoms with Crippen LogP contribution in [-0.4, -0.2) is 67.5 Å². The van der Waals surface area contributed by atoms with Gasteiger partial charge in [-0.25, -0.2) is 0 Å². The van der Waals surface area contributed by atoms with Crippen molar-refractivity contribution in [2.45, 2.75) is 51.6 Å². The van der Waals surface area contributed by atoms with Gasteiger partial charge in [-0.2, -0.15) is 0 Å². The average Bonchev–Trinajstić information content (AvgIpc) is 2.76. The highest BCUT2D eigenvalue weighted by Crippen LogP contribution is 2.19. The first-order chi connectivity index (χ1) is 14.5. The van der Waals surface area contributed by atoms with Gasteiger partial charge in [-0.05, 0) is 43.7 Å². The van der Waals surface area contributed by atoms with Crippen LogP contribution in [0.1, 0.15) is 43.7 Å². The average molecular weight is 540 g/mol. The maximum Gasteiger partial charge on any atom is 0.222 e. The number of carbonyl (C=O) groups excluding carboxylic acids is 1. The fraction of sp³-hybridized carbons (Fsp3) is 0.583. The molecule has 0 bridgehead atoms. The molecule has 0 unspecified atom stereocenters. The van der Waals surface area contributed by atoms with Crippen LogP contribution in [0.15, 0.2) is 41.4 Å². The molecule has 3 rings (SSSR count). The van der Waals surface area contributed by atoms with Crippen molar-refractivity contribution in [2.75, 3.05) is 39.8 Å². The smallest absolute Gasteiger partial charge is 0.222 e. The molecule has 7 heteroatoms. The van der Waals surface area contributed by atoms with Crippen LogP contribution in [0, 0.1) is 0 Å². The summed E-state index contributed by atoms with van der Waals surface area (Å²) in [6, 6.07) is 8.89. The standard InChI is InChI=1S/C24H37N5O.HI/c1-19(2)17-28-14-11-22(12-15-28)27-24(25-3)26-13-6-9-23(30)29-16-10-20-7-4-5-8-21(20)18-29;/h4-5,7-8,22H,1,6,9-18H2,2-3H3,(H2,25,26,27);1H. The van der Waals surface area contributed by atoms with Crippen LogP contribution in [0.4, 0.5) is 0 Å². The number of likely N-dealkylation sites (tertiary alicyclic amines) is 1. The minimum atomic E-state index is 0. The Hall–Kier alpha value is -1.61. The van der Waals surface area contributed by atoms with Crippen LogP contribution < -0.4 is 10.6 Å². The Kier molecular flexibility index (Phi) is 10.8. The number of hydrogen-bond acceptors (Lipinski definition) is 3. The zero-order valence-electron chi connectivity index (χ0n) is 19.0. The summed E-state index contributed by atoms with van der Waals surface area (Å²) in [4.78, 5) is 21.4. The first-order valence-corrected chi connectivity index (χ1v) is 11.2. The number of rotatable bonds is 7. The van der Waals surface area contributed by atoms with Crippen molar-refractivity contribution >= 4 is 35.8 Å². The molecule has 0 radical (unpaired) electrons. The normalized spacial score (nSPS) is 17.5. The summed E-state index contributed by atoms with van der Waals surface area (Å²) in [5, 5.41) is 6.91. The van der Waals surface area contributed by atoms with Crippen molar-refractivity contribution in [1.29, 1.82) is 0 Å². The van der Waals surface area contributed by atoms with E-state index in [-0.39, 0.29) is 29.9 Å². The molecule has 0 aliphatic carbocycles. The maximum atomic E-state index is 12.6. The topological polar surface area (TPSA) is 60.0 Å². The van der Waals surface area contributed by atoms with E-state index in [1.165, 1.54) is 16.7 Å². The molecular weight excluding hydrogens is 501 g/mol. The van der Waals surface area contributed by atoms with E-state index in [4.69, 9.17) is 0 Å². The second-order valence-electron chi connectivity index (χ2n) is 8.59. The molecule has 0 spiro atoms. The number of amides is 1. The quantitative estimate of drug-likeness (QED) is 0.184. The highest BCUT2D eigenvalue weighted by Gasteiger charge is 2.21. The largest absolute Gasteiger partial charge is 0.356 e. The number of carbonyl (C=O) groups is 1. The monoisotopic (exact) mass is 539 g/mol. The predicted octanol–water partition coefficient (Wildman–Crippen LogP) is 3.18. The van der Waals surface area contributed by atoms with E-state index in [2.05, 4.69) is 58.3 Å². The number of halogens is 1. The van der Waals surface area contributed by atoms with E-state index in [0.29, 0.717) is 12.5 Å².